The Balaban J connectivity index is 2.61. The van der Waals surface area contributed by atoms with Gasteiger partial charge in [-0.05, 0) is 71.7 Å². The molecule has 9 nitrogen and oxygen atoms in total. The average molecular weight is 540 g/mol. The van der Waals surface area contributed by atoms with Crippen molar-refractivity contribution >= 4 is 17.9 Å². The van der Waals surface area contributed by atoms with Gasteiger partial charge in [-0.15, -0.1) is 6.58 Å². The molecule has 2 unspecified atom stereocenters. The first-order valence-corrected chi connectivity index (χ1v) is 12.8. The molecule has 2 rings (SSSR count). The predicted molar refractivity (Wildman–Crippen MR) is 150 cm³/mol. The molecule has 39 heavy (non-hydrogen) atoms. The van der Waals surface area contributed by atoms with Crippen LogP contribution >= 0.6 is 0 Å². The normalized spacial score (nSPS) is 13.1. The highest BCUT2D eigenvalue weighted by atomic mass is 16.6. The molecule has 0 aromatic heterocycles. The zero-order valence-corrected chi connectivity index (χ0v) is 23.9. The quantitative estimate of drug-likeness (QED) is 0.347. The number of carbonyl (C=O) groups excluding carboxylic acids is 3. The molecule has 212 valence electrons. The van der Waals surface area contributed by atoms with E-state index < -0.39 is 41.1 Å². The standard InChI is InChI=1S/C30H41N3O6/c1-9-17-33(24(26(36)32-29(3,4)5)22-12-10-11-19(2)25(22)35)27(37)23(31-28(38)39-30(6,7)8)18-20-13-15-21(34)16-14-20/h9-16,23-24,34-35H,1,17-18H2,2-8H3,(H,31,38)(H,32,36). The summed E-state index contributed by atoms with van der Waals surface area (Å²) in [7, 11) is 0. The monoisotopic (exact) mass is 539 g/mol. The zero-order valence-electron chi connectivity index (χ0n) is 23.9. The fourth-order valence-electron chi connectivity index (χ4n) is 3.97. The van der Waals surface area contributed by atoms with Gasteiger partial charge in [0.15, 0.2) is 0 Å². The van der Waals surface area contributed by atoms with E-state index in [1.165, 1.54) is 23.1 Å². The van der Waals surface area contributed by atoms with E-state index in [1.54, 1.807) is 58.0 Å². The van der Waals surface area contributed by atoms with Gasteiger partial charge >= 0.3 is 6.09 Å². The third-order valence-electron chi connectivity index (χ3n) is 5.60. The van der Waals surface area contributed by atoms with Crippen molar-refractivity contribution in [2.24, 2.45) is 0 Å². The van der Waals surface area contributed by atoms with Crippen LogP contribution in [-0.4, -0.2) is 56.7 Å². The number of carbonyl (C=O) groups is 3. The number of hydrogen-bond acceptors (Lipinski definition) is 6. The van der Waals surface area contributed by atoms with Crippen LogP contribution in [0.4, 0.5) is 4.79 Å². The lowest BCUT2D eigenvalue weighted by atomic mass is 9.97. The lowest BCUT2D eigenvalue weighted by Gasteiger charge is -2.35. The Kier molecular flexibility index (Phi) is 10.2. The third kappa shape index (κ3) is 9.35. The summed E-state index contributed by atoms with van der Waals surface area (Å²) < 4.78 is 5.41. The van der Waals surface area contributed by atoms with Crippen molar-refractivity contribution < 1.29 is 29.3 Å². The molecule has 0 aliphatic heterocycles. The second-order valence-corrected chi connectivity index (χ2v) is 11.5. The van der Waals surface area contributed by atoms with Gasteiger partial charge < -0.3 is 30.5 Å². The number of rotatable bonds is 9. The number of alkyl carbamates (subject to hydrolysis) is 1. The van der Waals surface area contributed by atoms with E-state index in [2.05, 4.69) is 17.2 Å². The Morgan fingerprint density at radius 1 is 1.03 bits per heavy atom. The molecule has 0 aliphatic rings. The largest absolute Gasteiger partial charge is 0.508 e. The lowest BCUT2D eigenvalue weighted by molar-refractivity contribution is -0.142. The Morgan fingerprint density at radius 2 is 1.64 bits per heavy atom. The molecule has 2 aromatic carbocycles. The average Bonchev–Trinajstić information content (AvgIpc) is 2.79. The van der Waals surface area contributed by atoms with Crippen molar-refractivity contribution in [1.29, 1.82) is 0 Å². The van der Waals surface area contributed by atoms with E-state index in [1.807, 2.05) is 20.8 Å². The van der Waals surface area contributed by atoms with Crippen molar-refractivity contribution in [2.75, 3.05) is 6.54 Å². The number of benzene rings is 2. The summed E-state index contributed by atoms with van der Waals surface area (Å²) in [5, 5.41) is 26.2. The first-order valence-electron chi connectivity index (χ1n) is 12.8. The summed E-state index contributed by atoms with van der Waals surface area (Å²) in [4.78, 5) is 41.9. The van der Waals surface area contributed by atoms with Gasteiger partial charge in [-0.25, -0.2) is 4.79 Å². The van der Waals surface area contributed by atoms with Crippen LogP contribution in [0, 0.1) is 6.92 Å². The summed E-state index contributed by atoms with van der Waals surface area (Å²) in [5.74, 6) is -1.13. The molecule has 0 saturated carbocycles. The number of nitrogens with one attached hydrogen (secondary N) is 2. The molecule has 0 fully saturated rings. The maximum atomic E-state index is 14.2. The molecule has 4 N–H and O–H groups in total. The molecule has 9 heteroatoms. The number of amides is 3. The highest BCUT2D eigenvalue weighted by Gasteiger charge is 2.38. The minimum atomic E-state index is -1.22. The molecule has 0 saturated heterocycles. The summed E-state index contributed by atoms with van der Waals surface area (Å²) in [6.45, 7) is 16.0. The molecule has 2 aromatic rings. The van der Waals surface area contributed by atoms with Crippen LogP contribution < -0.4 is 10.6 Å². The topological polar surface area (TPSA) is 128 Å². The van der Waals surface area contributed by atoms with Crippen LogP contribution in [0.15, 0.2) is 55.1 Å². The maximum Gasteiger partial charge on any atom is 0.408 e. The van der Waals surface area contributed by atoms with Crippen molar-refractivity contribution in [3.8, 4) is 11.5 Å². The highest BCUT2D eigenvalue weighted by Crippen LogP contribution is 2.33. The van der Waals surface area contributed by atoms with Crippen LogP contribution in [-0.2, 0) is 20.7 Å². The van der Waals surface area contributed by atoms with E-state index >= 15 is 0 Å². The molecule has 2 atom stereocenters. The van der Waals surface area contributed by atoms with E-state index in [9.17, 15) is 24.6 Å². The number of aryl methyl sites for hydroxylation is 1. The number of hydrogen-bond donors (Lipinski definition) is 4. The predicted octanol–water partition coefficient (Wildman–Crippen LogP) is 4.51. The van der Waals surface area contributed by atoms with Crippen molar-refractivity contribution in [3.63, 3.8) is 0 Å². The van der Waals surface area contributed by atoms with Crippen LogP contribution in [0.2, 0.25) is 0 Å². The summed E-state index contributed by atoms with van der Waals surface area (Å²) in [6, 6.07) is 8.88. The molecule has 3 amide bonds. The summed E-state index contributed by atoms with van der Waals surface area (Å²) in [5.41, 5.74) is 0.0132. The van der Waals surface area contributed by atoms with Gasteiger partial charge in [0.1, 0.15) is 29.2 Å². The SMILES string of the molecule is C=CCN(C(=O)C(Cc1ccc(O)cc1)NC(=O)OC(C)(C)C)C(C(=O)NC(C)(C)C)c1cccc(C)c1O. The molecule has 0 bridgehead atoms. The minimum absolute atomic E-state index is 0.0451. The second-order valence-electron chi connectivity index (χ2n) is 11.5. The number of aromatic hydroxyl groups is 2. The van der Waals surface area contributed by atoms with Gasteiger partial charge in [-0.3, -0.25) is 9.59 Å². The van der Waals surface area contributed by atoms with E-state index in [0.29, 0.717) is 11.1 Å². The molecule has 0 heterocycles. The van der Waals surface area contributed by atoms with Crippen LogP contribution in [0.5, 0.6) is 11.5 Å². The zero-order chi connectivity index (χ0) is 29.5. The molecule has 0 spiro atoms. The Hall–Kier alpha value is -4.01. The molecular formula is C30H41N3O6. The Morgan fingerprint density at radius 3 is 2.18 bits per heavy atom. The molecule has 0 radical (unpaired) electrons. The van der Waals surface area contributed by atoms with Crippen LogP contribution in [0.1, 0.15) is 64.3 Å². The number of phenols is 2. The number of ether oxygens (including phenoxy) is 1. The summed E-state index contributed by atoms with van der Waals surface area (Å²) in [6.07, 6.45) is 0.736. The number of para-hydroxylation sites is 1. The Bertz CT molecular complexity index is 1180. The number of phenolic OH excluding ortho intramolecular Hbond substituents is 2. The molecule has 0 aliphatic carbocycles. The van der Waals surface area contributed by atoms with Gasteiger partial charge in [0.2, 0.25) is 11.8 Å². The minimum Gasteiger partial charge on any atom is -0.508 e. The van der Waals surface area contributed by atoms with Crippen LogP contribution in [0.25, 0.3) is 0 Å². The smallest absolute Gasteiger partial charge is 0.408 e. The molecular weight excluding hydrogens is 498 g/mol. The second kappa shape index (κ2) is 12.7. The van der Waals surface area contributed by atoms with E-state index in [-0.39, 0.29) is 30.0 Å². The fraction of sp³-hybridized carbons (Fsp3) is 0.433. The number of nitrogens with zero attached hydrogens (tertiary/aromatic N) is 1. The lowest BCUT2D eigenvalue weighted by Crippen LogP contribution is -2.55. The van der Waals surface area contributed by atoms with Gasteiger partial charge in [0, 0.05) is 24.1 Å². The van der Waals surface area contributed by atoms with E-state index in [0.717, 1.165) is 0 Å². The van der Waals surface area contributed by atoms with E-state index in [4.69, 9.17) is 4.74 Å². The summed E-state index contributed by atoms with van der Waals surface area (Å²) >= 11 is 0. The van der Waals surface area contributed by atoms with Gasteiger partial charge in [0.05, 0.1) is 0 Å². The Labute approximate surface area is 230 Å². The first kappa shape index (κ1) is 31.2. The fourth-order valence-corrected chi connectivity index (χ4v) is 3.97. The first-order chi connectivity index (χ1) is 18.0. The highest BCUT2D eigenvalue weighted by molar-refractivity contribution is 5.93. The van der Waals surface area contributed by atoms with Gasteiger partial charge in [-0.2, -0.15) is 0 Å². The van der Waals surface area contributed by atoms with Crippen molar-refractivity contribution in [1.82, 2.24) is 15.5 Å². The van der Waals surface area contributed by atoms with Crippen LogP contribution in [0.3, 0.4) is 0 Å². The maximum absolute atomic E-state index is 14.2. The van der Waals surface area contributed by atoms with Crippen molar-refractivity contribution in [3.05, 3.63) is 71.8 Å². The van der Waals surface area contributed by atoms with Gasteiger partial charge in [-0.1, -0.05) is 36.4 Å². The van der Waals surface area contributed by atoms with Gasteiger partial charge in [0.25, 0.3) is 0 Å². The van der Waals surface area contributed by atoms with Crippen molar-refractivity contribution in [2.45, 2.75) is 78.1 Å². The third-order valence-corrected chi connectivity index (χ3v) is 5.60.